The number of nitrogens with zero attached hydrogens (tertiary/aromatic N) is 1. The van der Waals surface area contributed by atoms with Crippen LogP contribution in [0, 0.1) is 23.8 Å². The molecule has 1 radical (unpaired) electrons. The Bertz CT molecular complexity index is 1850. The van der Waals surface area contributed by atoms with Gasteiger partial charge >= 0.3 is 0 Å². The summed E-state index contributed by atoms with van der Waals surface area (Å²) < 4.78 is 6.28. The van der Waals surface area contributed by atoms with Gasteiger partial charge in [-0.3, -0.25) is 9.78 Å². The fourth-order valence-corrected chi connectivity index (χ4v) is 6.32. The Morgan fingerprint density at radius 2 is 1.57 bits per heavy atom. The fraction of sp³-hybridized carbons (Fsp3) is 0.409. The van der Waals surface area contributed by atoms with Crippen LogP contribution in [0.15, 0.2) is 89.2 Å². The molecule has 49 heavy (non-hydrogen) atoms. The summed E-state index contributed by atoms with van der Waals surface area (Å²) in [4.78, 5) is 16.4. The normalized spacial score (nSPS) is 12.0. The van der Waals surface area contributed by atoms with Crippen LogP contribution < -0.4 is 0 Å². The number of furan rings is 1. The van der Waals surface area contributed by atoms with Crippen LogP contribution in [-0.4, -0.2) is 15.9 Å². The molecule has 0 fully saturated rings. The van der Waals surface area contributed by atoms with Gasteiger partial charge in [0, 0.05) is 60.9 Å². The molecule has 0 amide bonds. The molecule has 2 aromatic heterocycles. The summed E-state index contributed by atoms with van der Waals surface area (Å²) in [6.45, 7) is 19.3. The van der Waals surface area contributed by atoms with E-state index in [4.69, 9.17) is 9.40 Å². The Kier molecular flexibility index (Phi) is 14.6. The summed E-state index contributed by atoms with van der Waals surface area (Å²) >= 11 is 0. The van der Waals surface area contributed by atoms with E-state index in [-0.39, 0.29) is 48.9 Å². The molecule has 0 atom stereocenters. The number of hydrogen-bond acceptors (Lipinski definition) is 4. The van der Waals surface area contributed by atoms with Crippen LogP contribution in [0.25, 0.3) is 44.3 Å². The van der Waals surface area contributed by atoms with Gasteiger partial charge in [-0.1, -0.05) is 110 Å². The first-order valence-electron chi connectivity index (χ1n) is 17.8. The molecule has 0 aliphatic heterocycles. The average Bonchev–Trinajstić information content (AvgIpc) is 3.49. The molecular weight excluding hydrogens is 783 g/mol. The summed E-state index contributed by atoms with van der Waals surface area (Å²) in [6.07, 6.45) is 7.82. The van der Waals surface area contributed by atoms with Crippen LogP contribution in [0.5, 0.6) is 0 Å². The first-order valence-corrected chi connectivity index (χ1v) is 17.8. The van der Waals surface area contributed by atoms with Gasteiger partial charge in [0.1, 0.15) is 11.3 Å². The third kappa shape index (κ3) is 10.2. The van der Waals surface area contributed by atoms with Crippen LogP contribution in [0.2, 0.25) is 0 Å². The average molecular weight is 837 g/mol. The quantitative estimate of drug-likeness (QED) is 0.0818. The van der Waals surface area contributed by atoms with E-state index in [0.717, 1.165) is 71.0 Å². The zero-order valence-electron chi connectivity index (χ0n) is 30.8. The van der Waals surface area contributed by atoms with Gasteiger partial charge in [0.25, 0.3) is 0 Å². The molecule has 5 rings (SSSR count). The van der Waals surface area contributed by atoms with Gasteiger partial charge in [-0.25, -0.2) is 0 Å². The van der Waals surface area contributed by atoms with Crippen LogP contribution in [-0.2, 0) is 36.7 Å². The number of aliphatic hydroxyl groups is 1. The molecule has 0 unspecified atom stereocenters. The van der Waals surface area contributed by atoms with Crippen molar-refractivity contribution in [2.24, 2.45) is 17.8 Å². The predicted octanol–water partition coefficient (Wildman–Crippen LogP) is 12.5. The Labute approximate surface area is 307 Å². The molecule has 5 heteroatoms. The minimum Gasteiger partial charge on any atom is -0.512 e. The second-order valence-electron chi connectivity index (χ2n) is 14.4. The number of hydrogen-bond donors (Lipinski definition) is 1. The second kappa shape index (κ2) is 17.9. The van der Waals surface area contributed by atoms with E-state index in [1.807, 2.05) is 40.0 Å². The number of aromatic nitrogens is 1. The van der Waals surface area contributed by atoms with Gasteiger partial charge in [-0.05, 0) is 67.2 Å². The zero-order chi connectivity index (χ0) is 35.0. The maximum atomic E-state index is 11.7. The minimum absolute atomic E-state index is 0. The molecule has 0 spiro atoms. The molecule has 0 saturated carbocycles. The van der Waals surface area contributed by atoms with Gasteiger partial charge < -0.3 is 9.52 Å². The predicted molar refractivity (Wildman–Crippen MR) is 202 cm³/mol. The summed E-state index contributed by atoms with van der Waals surface area (Å²) in [5.41, 5.74) is 6.53. The zero-order valence-corrected chi connectivity index (χ0v) is 33.2. The number of allylic oxidation sites excluding steroid dienone is 2. The molecule has 0 bridgehead atoms. The molecule has 5 aromatic rings. The van der Waals surface area contributed by atoms with E-state index in [0.29, 0.717) is 5.92 Å². The topological polar surface area (TPSA) is 63.3 Å². The van der Waals surface area contributed by atoms with Gasteiger partial charge in [0.2, 0.25) is 0 Å². The van der Waals surface area contributed by atoms with Gasteiger partial charge in [-0.2, -0.15) is 0 Å². The fourth-order valence-electron chi connectivity index (χ4n) is 6.32. The standard InChI is InChI=1S/C31H30NO.C13H24O2.Ir/c1-20(2)14-21-10-11-23-19-30(33-29(23)15-21)24-12-13-32-28(18-24)25-16-22-8-6-7-9-26(22)27(17-25)31(3,4)5;1-5-10(6-2)12(14)9-13(15)11(7-3)8-4;/h6-13,15,17-20H,14H2,1-5H3;9-11,14H,5-8H2,1-4H3;/q-1;;/b;12-9-;. The van der Waals surface area contributed by atoms with Crippen LogP contribution in [0.3, 0.4) is 0 Å². The Morgan fingerprint density at radius 3 is 2.20 bits per heavy atom. The van der Waals surface area contributed by atoms with E-state index < -0.39 is 0 Å². The minimum atomic E-state index is 0. The molecule has 0 saturated heterocycles. The number of benzene rings is 3. The monoisotopic (exact) mass is 837 g/mol. The number of ketones is 1. The van der Waals surface area contributed by atoms with Crippen molar-refractivity contribution in [3.8, 4) is 22.6 Å². The Hall–Kier alpha value is -3.53. The van der Waals surface area contributed by atoms with Crippen molar-refractivity contribution in [2.45, 2.75) is 99.8 Å². The smallest absolute Gasteiger partial charge is 0.162 e. The number of fused-ring (bicyclic) bond motifs is 2. The molecule has 0 aliphatic carbocycles. The number of pyridine rings is 1. The second-order valence-corrected chi connectivity index (χ2v) is 14.4. The van der Waals surface area contributed by atoms with E-state index in [2.05, 4.69) is 101 Å². The van der Waals surface area contributed by atoms with Crippen molar-refractivity contribution in [3.05, 3.63) is 102 Å². The van der Waals surface area contributed by atoms with Crippen molar-refractivity contribution < 1.29 is 34.4 Å². The molecule has 263 valence electrons. The molecule has 0 aliphatic rings. The number of carbonyl (C=O) groups is 1. The maximum Gasteiger partial charge on any atom is 0.162 e. The summed E-state index contributed by atoms with van der Waals surface area (Å²) in [6, 6.07) is 27.1. The first-order chi connectivity index (χ1) is 22.9. The molecule has 1 N–H and O–H groups in total. The summed E-state index contributed by atoms with van der Waals surface area (Å²) in [5, 5.41) is 13.3. The van der Waals surface area contributed by atoms with Gasteiger partial charge in [0.15, 0.2) is 5.78 Å². The van der Waals surface area contributed by atoms with E-state index in [9.17, 15) is 9.90 Å². The largest absolute Gasteiger partial charge is 0.512 e. The van der Waals surface area contributed by atoms with Gasteiger partial charge in [-0.15, -0.1) is 29.1 Å². The molecule has 4 nitrogen and oxygen atoms in total. The van der Waals surface area contributed by atoms with Gasteiger partial charge in [0.05, 0.1) is 5.76 Å². The van der Waals surface area contributed by atoms with Crippen LogP contribution in [0.1, 0.15) is 99.1 Å². The van der Waals surface area contributed by atoms with E-state index >= 15 is 0 Å². The third-order valence-corrected chi connectivity index (χ3v) is 9.21. The van der Waals surface area contributed by atoms with E-state index in [1.54, 1.807) is 0 Å². The Morgan fingerprint density at radius 1 is 0.898 bits per heavy atom. The number of carbonyl (C=O) groups excluding carboxylic acids is 1. The molecule has 3 aromatic carbocycles. The summed E-state index contributed by atoms with van der Waals surface area (Å²) in [7, 11) is 0. The van der Waals surface area contributed by atoms with Crippen molar-refractivity contribution in [3.63, 3.8) is 0 Å². The van der Waals surface area contributed by atoms with Crippen molar-refractivity contribution >= 4 is 27.5 Å². The van der Waals surface area contributed by atoms with Crippen molar-refractivity contribution in [1.82, 2.24) is 4.98 Å². The van der Waals surface area contributed by atoms with E-state index in [1.165, 1.54) is 22.6 Å². The SMILES string of the molecule is CC(C)Cc1ccc2cc(-c3ccnc(-c4[c-]c5ccccc5c(C(C)(C)C)c4)c3)oc2c1.CCC(CC)C(=O)/C=C(\O)C(CC)CC.[Ir]. The van der Waals surface area contributed by atoms with Crippen molar-refractivity contribution in [2.75, 3.05) is 0 Å². The molecule has 2 heterocycles. The maximum absolute atomic E-state index is 11.7. The Balaban J connectivity index is 0.000000347. The first kappa shape index (κ1) is 39.9. The third-order valence-electron chi connectivity index (χ3n) is 9.21. The van der Waals surface area contributed by atoms with Crippen molar-refractivity contribution in [1.29, 1.82) is 0 Å². The van der Waals surface area contributed by atoms with Crippen LogP contribution >= 0.6 is 0 Å². The molecular formula is C44H54IrNO3-. The number of rotatable bonds is 11. The summed E-state index contributed by atoms with van der Waals surface area (Å²) in [5.74, 6) is 2.04. The van der Waals surface area contributed by atoms with Crippen LogP contribution in [0.4, 0.5) is 0 Å². The number of aliphatic hydroxyl groups excluding tert-OH is 1.